The molecule has 0 aromatic rings. The van der Waals surface area contributed by atoms with E-state index in [0.29, 0.717) is 24.2 Å². The highest BCUT2D eigenvalue weighted by molar-refractivity contribution is 7.80. The van der Waals surface area contributed by atoms with Gasteiger partial charge in [-0.05, 0) is 52.8 Å². The number of thiocarbonyl (C=S) groups is 1. The van der Waals surface area contributed by atoms with Crippen molar-refractivity contribution in [3.63, 3.8) is 0 Å². The van der Waals surface area contributed by atoms with Crippen LogP contribution in [0.15, 0.2) is 0 Å². The van der Waals surface area contributed by atoms with E-state index in [1.54, 1.807) is 0 Å². The van der Waals surface area contributed by atoms with Crippen molar-refractivity contribution in [2.45, 2.75) is 84.0 Å². The molecule has 2 fully saturated rings. The molecule has 0 aromatic carbocycles. The van der Waals surface area contributed by atoms with Crippen molar-refractivity contribution < 1.29 is 0 Å². The summed E-state index contributed by atoms with van der Waals surface area (Å²) in [7, 11) is 0. The monoisotopic (exact) mass is 254 g/mol. The maximum atomic E-state index is 5.72. The topological polar surface area (TPSA) is 6.48 Å². The van der Waals surface area contributed by atoms with E-state index in [-0.39, 0.29) is 0 Å². The minimum absolute atomic E-state index is 0.539. The molecule has 1 aliphatic heterocycles. The summed E-state index contributed by atoms with van der Waals surface area (Å²) >= 11 is 5.72. The Hall–Kier alpha value is -0.310. The molecule has 1 saturated carbocycles. The predicted octanol–water partition coefficient (Wildman–Crippen LogP) is 3.41. The number of fused-ring (bicyclic) bond motifs is 1. The highest BCUT2D eigenvalue weighted by Gasteiger charge is 2.44. The Labute approximate surface area is 111 Å². The van der Waals surface area contributed by atoms with E-state index < -0.39 is 0 Å². The summed E-state index contributed by atoms with van der Waals surface area (Å²) in [5, 5.41) is 1.10. The number of hydrogen-bond acceptors (Lipinski definition) is 1. The fourth-order valence-electron chi connectivity index (χ4n) is 3.54. The molecule has 2 aliphatic rings. The molecule has 0 bridgehead atoms. The Morgan fingerprint density at radius 3 is 1.65 bits per heavy atom. The van der Waals surface area contributed by atoms with Crippen LogP contribution in [0.1, 0.15) is 59.8 Å². The molecule has 0 spiro atoms. The molecular formula is C14H26N2S. The molecule has 1 aliphatic carbocycles. The lowest BCUT2D eigenvalue weighted by atomic mass is 10.0. The zero-order valence-corrected chi connectivity index (χ0v) is 12.5. The van der Waals surface area contributed by atoms with Crippen molar-refractivity contribution in [2.24, 2.45) is 0 Å². The zero-order valence-electron chi connectivity index (χ0n) is 11.6. The molecule has 1 heterocycles. The SMILES string of the molecule is CC(C)N1C(=S)N(C(C)C)C2CCCCCC21. The van der Waals surface area contributed by atoms with Gasteiger partial charge in [-0.15, -0.1) is 0 Å². The van der Waals surface area contributed by atoms with E-state index in [4.69, 9.17) is 12.2 Å². The lowest BCUT2D eigenvalue weighted by molar-refractivity contribution is 0.213. The van der Waals surface area contributed by atoms with E-state index in [0.717, 1.165) is 5.11 Å². The van der Waals surface area contributed by atoms with Crippen LogP contribution in [0, 0.1) is 0 Å². The van der Waals surface area contributed by atoms with E-state index in [1.165, 1.54) is 32.1 Å². The van der Waals surface area contributed by atoms with Crippen molar-refractivity contribution in [3.8, 4) is 0 Å². The summed E-state index contributed by atoms with van der Waals surface area (Å²) in [6.07, 6.45) is 6.80. The van der Waals surface area contributed by atoms with E-state index in [2.05, 4.69) is 37.5 Å². The van der Waals surface area contributed by atoms with Crippen LogP contribution in [0.2, 0.25) is 0 Å². The fraction of sp³-hybridized carbons (Fsp3) is 0.929. The minimum Gasteiger partial charge on any atom is -0.342 e. The van der Waals surface area contributed by atoms with Gasteiger partial charge < -0.3 is 9.80 Å². The quantitative estimate of drug-likeness (QED) is 0.697. The number of rotatable bonds is 2. The molecule has 98 valence electrons. The van der Waals surface area contributed by atoms with Crippen molar-refractivity contribution in [1.29, 1.82) is 0 Å². The summed E-state index contributed by atoms with van der Waals surface area (Å²) in [6, 6.07) is 2.42. The normalized spacial score (nSPS) is 30.1. The van der Waals surface area contributed by atoms with Crippen LogP contribution in [0.3, 0.4) is 0 Å². The molecule has 0 N–H and O–H groups in total. The molecule has 2 nitrogen and oxygen atoms in total. The summed E-state index contributed by atoms with van der Waals surface area (Å²) in [6.45, 7) is 9.10. The predicted molar refractivity (Wildman–Crippen MR) is 77.2 cm³/mol. The third kappa shape index (κ3) is 2.31. The van der Waals surface area contributed by atoms with Crippen molar-refractivity contribution in [2.75, 3.05) is 0 Å². The van der Waals surface area contributed by atoms with Crippen LogP contribution in [-0.4, -0.2) is 39.1 Å². The van der Waals surface area contributed by atoms with Crippen LogP contribution in [0.5, 0.6) is 0 Å². The number of nitrogens with zero attached hydrogens (tertiary/aromatic N) is 2. The second-order valence-corrected chi connectivity index (χ2v) is 6.42. The summed E-state index contributed by atoms with van der Waals surface area (Å²) in [5.41, 5.74) is 0. The van der Waals surface area contributed by atoms with Crippen LogP contribution in [0.25, 0.3) is 0 Å². The Morgan fingerprint density at radius 1 is 0.882 bits per heavy atom. The van der Waals surface area contributed by atoms with E-state index >= 15 is 0 Å². The second-order valence-electron chi connectivity index (χ2n) is 6.06. The van der Waals surface area contributed by atoms with Gasteiger partial charge >= 0.3 is 0 Å². The largest absolute Gasteiger partial charge is 0.342 e. The molecule has 2 atom stereocenters. The molecule has 17 heavy (non-hydrogen) atoms. The van der Waals surface area contributed by atoms with Gasteiger partial charge in [0.2, 0.25) is 0 Å². The first kappa shape index (κ1) is 13.1. The first-order valence-electron chi connectivity index (χ1n) is 7.14. The Morgan fingerprint density at radius 2 is 1.29 bits per heavy atom. The van der Waals surface area contributed by atoms with Gasteiger partial charge in [0.25, 0.3) is 0 Å². The van der Waals surface area contributed by atoms with Gasteiger partial charge in [0, 0.05) is 12.1 Å². The lowest BCUT2D eigenvalue weighted by Gasteiger charge is -2.30. The summed E-state index contributed by atoms with van der Waals surface area (Å²) < 4.78 is 0. The maximum absolute atomic E-state index is 5.72. The van der Waals surface area contributed by atoms with Gasteiger partial charge in [0.05, 0.1) is 12.1 Å². The van der Waals surface area contributed by atoms with Crippen LogP contribution >= 0.6 is 12.2 Å². The van der Waals surface area contributed by atoms with Crippen molar-refractivity contribution >= 4 is 17.3 Å². The fourth-order valence-corrected chi connectivity index (χ4v) is 4.23. The molecule has 1 saturated heterocycles. The first-order chi connectivity index (χ1) is 8.04. The van der Waals surface area contributed by atoms with Gasteiger partial charge in [-0.2, -0.15) is 0 Å². The Bertz CT molecular complexity index is 262. The summed E-state index contributed by atoms with van der Waals surface area (Å²) in [5.74, 6) is 0. The highest BCUT2D eigenvalue weighted by atomic mass is 32.1. The van der Waals surface area contributed by atoms with Crippen molar-refractivity contribution in [1.82, 2.24) is 9.80 Å². The molecule has 2 rings (SSSR count). The average molecular weight is 254 g/mol. The minimum atomic E-state index is 0.539. The molecule has 2 unspecified atom stereocenters. The maximum Gasteiger partial charge on any atom is 0.172 e. The van der Waals surface area contributed by atoms with Crippen LogP contribution < -0.4 is 0 Å². The van der Waals surface area contributed by atoms with Gasteiger partial charge in [-0.25, -0.2) is 0 Å². The van der Waals surface area contributed by atoms with Gasteiger partial charge in [0.15, 0.2) is 5.11 Å². The smallest absolute Gasteiger partial charge is 0.172 e. The third-order valence-electron chi connectivity index (χ3n) is 4.21. The van der Waals surface area contributed by atoms with Gasteiger partial charge in [-0.1, -0.05) is 19.3 Å². The summed E-state index contributed by atoms with van der Waals surface area (Å²) in [4.78, 5) is 5.01. The lowest BCUT2D eigenvalue weighted by Crippen LogP contribution is -2.41. The number of hydrogen-bond donors (Lipinski definition) is 0. The molecule has 0 aromatic heterocycles. The average Bonchev–Trinajstić information content (AvgIpc) is 2.39. The standard InChI is InChI=1S/C14H26N2S/c1-10(2)15-12-8-6-5-7-9-13(12)16(11(3)4)14(15)17/h10-13H,5-9H2,1-4H3. The van der Waals surface area contributed by atoms with Crippen LogP contribution in [0.4, 0.5) is 0 Å². The molecule has 0 radical (unpaired) electrons. The van der Waals surface area contributed by atoms with Gasteiger partial charge in [-0.3, -0.25) is 0 Å². The molecule has 0 amide bonds. The molecular weight excluding hydrogens is 228 g/mol. The van der Waals surface area contributed by atoms with Crippen LogP contribution in [-0.2, 0) is 0 Å². The highest BCUT2D eigenvalue weighted by Crippen LogP contribution is 2.35. The van der Waals surface area contributed by atoms with Crippen molar-refractivity contribution in [3.05, 3.63) is 0 Å². The third-order valence-corrected chi connectivity index (χ3v) is 4.63. The first-order valence-corrected chi connectivity index (χ1v) is 7.55. The second kappa shape index (κ2) is 5.13. The van der Waals surface area contributed by atoms with E-state index in [1.807, 2.05) is 0 Å². The molecule has 3 heteroatoms. The zero-order chi connectivity index (χ0) is 12.6. The van der Waals surface area contributed by atoms with E-state index in [9.17, 15) is 0 Å². The van der Waals surface area contributed by atoms with Gasteiger partial charge in [0.1, 0.15) is 0 Å². The Kier molecular flexibility index (Phi) is 3.96. The Balaban J connectivity index is 2.28.